The summed E-state index contributed by atoms with van der Waals surface area (Å²) in [4.78, 5) is 49.0. The molecule has 4 unspecified atom stereocenters. The minimum atomic E-state index is -4.34. The van der Waals surface area contributed by atoms with E-state index in [1.54, 1.807) is 84.9 Å². The quantitative estimate of drug-likeness (QED) is 0.180. The molecular formula is C30H35N2O8P. The summed E-state index contributed by atoms with van der Waals surface area (Å²) in [6.07, 6.45) is -2.84. The molecule has 0 aliphatic rings. The number of aliphatic hydroxyl groups excluding tert-OH is 1. The Hall–Kier alpha value is -3.98. The summed E-state index contributed by atoms with van der Waals surface area (Å²) >= 11 is 0. The highest BCUT2D eigenvalue weighted by Gasteiger charge is 2.39. The number of carboxylic acids is 1. The van der Waals surface area contributed by atoms with Crippen LogP contribution in [0, 0.1) is 5.92 Å². The van der Waals surface area contributed by atoms with Crippen LogP contribution in [-0.2, 0) is 38.3 Å². The molecule has 5 atom stereocenters. The lowest BCUT2D eigenvalue weighted by Gasteiger charge is -2.28. The molecule has 2 amide bonds. The molecule has 3 aromatic rings. The molecule has 0 saturated heterocycles. The molecule has 3 rings (SSSR count). The number of ether oxygens (including phenoxy) is 1. The van der Waals surface area contributed by atoms with Gasteiger partial charge in [-0.3, -0.25) is 9.36 Å². The van der Waals surface area contributed by atoms with E-state index in [2.05, 4.69) is 10.6 Å². The maximum absolute atomic E-state index is 13.9. The first kappa shape index (κ1) is 31.5. The molecule has 0 bridgehead atoms. The first-order valence-corrected chi connectivity index (χ1v) is 15.0. The second-order valence-corrected chi connectivity index (χ2v) is 12.3. The van der Waals surface area contributed by atoms with Crippen LogP contribution in [0.1, 0.15) is 23.6 Å². The molecule has 218 valence electrons. The van der Waals surface area contributed by atoms with Crippen LogP contribution in [0.5, 0.6) is 0 Å². The highest BCUT2D eigenvalue weighted by atomic mass is 31.2. The van der Waals surface area contributed by atoms with E-state index in [1.165, 1.54) is 6.92 Å². The fraction of sp³-hybridized carbons (Fsp3) is 0.300. The second-order valence-electron chi connectivity index (χ2n) is 9.80. The largest absolute Gasteiger partial charge is 0.480 e. The molecule has 0 aromatic heterocycles. The molecule has 5 N–H and O–H groups in total. The number of hydrogen-bond acceptors (Lipinski definition) is 6. The first-order chi connectivity index (χ1) is 19.5. The van der Waals surface area contributed by atoms with Crippen molar-refractivity contribution in [1.82, 2.24) is 10.6 Å². The Bertz CT molecular complexity index is 1320. The van der Waals surface area contributed by atoms with Crippen molar-refractivity contribution in [3.05, 3.63) is 108 Å². The van der Waals surface area contributed by atoms with Crippen molar-refractivity contribution >= 4 is 25.3 Å². The Labute approximate surface area is 238 Å². The average Bonchev–Trinajstić information content (AvgIpc) is 2.95. The first-order valence-electron chi connectivity index (χ1n) is 13.1. The van der Waals surface area contributed by atoms with Crippen molar-refractivity contribution in [2.45, 2.75) is 44.3 Å². The summed E-state index contributed by atoms with van der Waals surface area (Å²) in [5.41, 5.74) is 2.10. The number of carboxylic acid groups (broad SMARTS) is 1. The number of benzene rings is 3. The number of rotatable bonds is 14. The van der Waals surface area contributed by atoms with E-state index < -0.39 is 55.3 Å². The normalized spacial score (nSPS) is 15.4. The zero-order chi connectivity index (χ0) is 29.8. The van der Waals surface area contributed by atoms with Crippen molar-refractivity contribution in [1.29, 1.82) is 0 Å². The van der Waals surface area contributed by atoms with Crippen molar-refractivity contribution in [3.8, 4) is 0 Å². The molecule has 0 saturated carbocycles. The van der Waals surface area contributed by atoms with Crippen molar-refractivity contribution in [2.24, 2.45) is 5.92 Å². The predicted molar refractivity (Wildman–Crippen MR) is 153 cm³/mol. The van der Waals surface area contributed by atoms with Crippen molar-refractivity contribution in [3.63, 3.8) is 0 Å². The van der Waals surface area contributed by atoms with Gasteiger partial charge in [0.15, 0.2) is 6.04 Å². The topological polar surface area (TPSA) is 162 Å². The molecule has 3 aromatic carbocycles. The summed E-state index contributed by atoms with van der Waals surface area (Å²) in [7, 11) is -4.34. The maximum atomic E-state index is 13.9. The summed E-state index contributed by atoms with van der Waals surface area (Å²) in [5, 5.41) is 24.1. The van der Waals surface area contributed by atoms with Crippen molar-refractivity contribution in [2.75, 3.05) is 6.16 Å². The number of alkyl carbamates (subject to hydrolysis) is 1. The molecule has 41 heavy (non-hydrogen) atoms. The zero-order valence-corrected chi connectivity index (χ0v) is 23.5. The van der Waals surface area contributed by atoms with Gasteiger partial charge in [0.2, 0.25) is 13.3 Å². The molecule has 0 heterocycles. The van der Waals surface area contributed by atoms with Crippen molar-refractivity contribution < 1.29 is 38.8 Å². The van der Waals surface area contributed by atoms with Gasteiger partial charge in [0, 0.05) is 12.6 Å². The summed E-state index contributed by atoms with van der Waals surface area (Å²) < 4.78 is 19.2. The average molecular weight is 583 g/mol. The number of aliphatic carboxylic acids is 1. The molecule has 0 fully saturated rings. The Morgan fingerprint density at radius 2 is 1.29 bits per heavy atom. The summed E-state index contributed by atoms with van der Waals surface area (Å²) in [5.74, 6) is -4.69. The van der Waals surface area contributed by atoms with Crippen LogP contribution in [0.15, 0.2) is 91.0 Å². The van der Waals surface area contributed by atoms with E-state index in [4.69, 9.17) is 4.74 Å². The van der Waals surface area contributed by atoms with Gasteiger partial charge in [-0.2, -0.15) is 0 Å². The fourth-order valence-electron chi connectivity index (χ4n) is 4.27. The van der Waals surface area contributed by atoms with E-state index in [-0.39, 0.29) is 19.4 Å². The molecule has 0 radical (unpaired) electrons. The molecule has 10 nitrogen and oxygen atoms in total. The summed E-state index contributed by atoms with van der Waals surface area (Å²) in [6, 6.07) is 24.9. The number of aliphatic hydroxyl groups is 1. The van der Waals surface area contributed by atoms with Gasteiger partial charge in [-0.1, -0.05) is 91.0 Å². The zero-order valence-electron chi connectivity index (χ0n) is 22.6. The lowest BCUT2D eigenvalue weighted by Crippen LogP contribution is -2.50. The summed E-state index contributed by atoms with van der Waals surface area (Å²) in [6.45, 7) is 1.18. The molecule has 11 heteroatoms. The Balaban J connectivity index is 1.85. The van der Waals surface area contributed by atoms with E-state index in [9.17, 15) is 34.1 Å². The minimum absolute atomic E-state index is 0.0137. The Morgan fingerprint density at radius 1 is 0.805 bits per heavy atom. The number of nitrogens with one attached hydrogen (secondary N) is 2. The molecular weight excluding hydrogens is 547 g/mol. The van der Waals surface area contributed by atoms with Gasteiger partial charge in [0.1, 0.15) is 12.4 Å². The third kappa shape index (κ3) is 10.2. The van der Waals surface area contributed by atoms with Gasteiger partial charge < -0.3 is 30.5 Å². The second kappa shape index (κ2) is 15.1. The smallest absolute Gasteiger partial charge is 0.408 e. The number of amides is 2. The van der Waals surface area contributed by atoms with E-state index in [0.29, 0.717) is 11.1 Å². The minimum Gasteiger partial charge on any atom is -0.480 e. The van der Waals surface area contributed by atoms with Crippen LogP contribution in [0.25, 0.3) is 0 Å². The van der Waals surface area contributed by atoms with Gasteiger partial charge in [-0.25, -0.2) is 9.59 Å². The lowest BCUT2D eigenvalue weighted by atomic mass is 9.99. The highest BCUT2D eigenvalue weighted by molar-refractivity contribution is 7.58. The maximum Gasteiger partial charge on any atom is 0.408 e. The van der Waals surface area contributed by atoms with Crippen LogP contribution in [-0.4, -0.2) is 57.2 Å². The monoisotopic (exact) mass is 582 g/mol. The third-order valence-corrected chi connectivity index (χ3v) is 8.73. The van der Waals surface area contributed by atoms with Crippen LogP contribution in [0.4, 0.5) is 4.79 Å². The fourth-order valence-corrected chi connectivity index (χ4v) is 6.26. The SMILES string of the molecule is CC(O)C(NC(=O)C(Cc1ccccc1)CP(=O)(O)[C@H](Cc1ccccc1)NC(=O)OCc1ccccc1)C(=O)O. The standard InChI is InChI=1S/C30H35N2O8P/c1-21(33)27(29(35)36)32-28(34)25(17-22-11-5-2-6-12-22)20-41(38,39)26(18-23-13-7-3-8-14-23)31-30(37)40-19-24-15-9-4-10-16-24/h2-16,21,25-27,33H,17-20H2,1H3,(H,31,37)(H,32,34)(H,35,36)(H,38,39)/t21?,25?,26-,27?/m1/s1. The van der Waals surface area contributed by atoms with Crippen LogP contribution in [0.2, 0.25) is 0 Å². The van der Waals surface area contributed by atoms with E-state index in [1.807, 2.05) is 6.07 Å². The van der Waals surface area contributed by atoms with Gasteiger partial charge in [0.25, 0.3) is 0 Å². The molecule has 0 aliphatic carbocycles. The van der Waals surface area contributed by atoms with Gasteiger partial charge in [0.05, 0.1) is 12.0 Å². The van der Waals surface area contributed by atoms with Gasteiger partial charge in [-0.05, 0) is 30.0 Å². The third-order valence-electron chi connectivity index (χ3n) is 6.48. The van der Waals surface area contributed by atoms with E-state index >= 15 is 0 Å². The Kier molecular flexibility index (Phi) is 11.6. The number of hydrogen-bond donors (Lipinski definition) is 5. The lowest BCUT2D eigenvalue weighted by molar-refractivity contribution is -0.145. The molecule has 0 aliphatic heterocycles. The van der Waals surface area contributed by atoms with E-state index in [0.717, 1.165) is 5.56 Å². The van der Waals surface area contributed by atoms with Crippen LogP contribution in [0.3, 0.4) is 0 Å². The predicted octanol–water partition coefficient (Wildman–Crippen LogP) is 3.56. The highest BCUT2D eigenvalue weighted by Crippen LogP contribution is 2.48. The van der Waals surface area contributed by atoms with Gasteiger partial charge in [-0.15, -0.1) is 0 Å². The number of carbonyl (C=O) groups excluding carboxylic acids is 2. The van der Waals surface area contributed by atoms with Crippen LogP contribution < -0.4 is 10.6 Å². The van der Waals surface area contributed by atoms with Crippen LogP contribution >= 0.6 is 7.37 Å². The Morgan fingerprint density at radius 3 is 1.78 bits per heavy atom. The molecule has 0 spiro atoms. The number of carbonyl (C=O) groups is 3. The van der Waals surface area contributed by atoms with Gasteiger partial charge >= 0.3 is 12.1 Å².